The van der Waals surface area contributed by atoms with Crippen LogP contribution in [0.1, 0.15) is 66.2 Å². The maximum atomic E-state index is 10.7. The number of aliphatic hydroxyl groups excluding tert-OH is 2. The highest BCUT2D eigenvalue weighted by Crippen LogP contribution is 2.76. The van der Waals surface area contributed by atoms with Crippen molar-refractivity contribution < 1.29 is 10.2 Å². The van der Waals surface area contributed by atoms with Gasteiger partial charge in [-0.1, -0.05) is 27.7 Å². The minimum absolute atomic E-state index is 0.0979. The second kappa shape index (κ2) is 4.51. The molecule has 126 valence electrons. The quantitative estimate of drug-likeness (QED) is 0.813. The van der Waals surface area contributed by atoms with Crippen LogP contribution >= 0.6 is 0 Å². The lowest BCUT2D eigenvalue weighted by atomic mass is 9.47. The van der Waals surface area contributed by atoms with E-state index >= 15 is 0 Å². The summed E-state index contributed by atoms with van der Waals surface area (Å²) < 4.78 is 0. The molecule has 8 atom stereocenters. The Hall–Kier alpha value is -0.0800. The second-order valence-corrected chi connectivity index (χ2v) is 10.2. The molecule has 4 saturated carbocycles. The van der Waals surface area contributed by atoms with Gasteiger partial charge in [-0.3, -0.25) is 0 Å². The molecule has 0 heterocycles. The van der Waals surface area contributed by atoms with Crippen molar-refractivity contribution in [3.05, 3.63) is 0 Å². The van der Waals surface area contributed by atoms with E-state index in [9.17, 15) is 10.2 Å². The van der Waals surface area contributed by atoms with E-state index in [2.05, 4.69) is 27.7 Å². The molecule has 0 spiro atoms. The van der Waals surface area contributed by atoms with Gasteiger partial charge in [-0.15, -0.1) is 0 Å². The van der Waals surface area contributed by atoms with Crippen LogP contribution in [0.5, 0.6) is 0 Å². The molecule has 4 aliphatic carbocycles. The number of rotatable bonds is 2. The zero-order valence-corrected chi connectivity index (χ0v) is 14.8. The van der Waals surface area contributed by atoms with Gasteiger partial charge in [0.1, 0.15) is 0 Å². The van der Waals surface area contributed by atoms with Crippen LogP contribution in [0.4, 0.5) is 0 Å². The monoisotopic (exact) mass is 306 g/mol. The number of aliphatic hydroxyl groups is 2. The van der Waals surface area contributed by atoms with E-state index in [-0.39, 0.29) is 16.9 Å². The fourth-order valence-electron chi connectivity index (χ4n) is 7.32. The van der Waals surface area contributed by atoms with Gasteiger partial charge in [0, 0.05) is 6.61 Å². The number of hydrogen-bond acceptors (Lipinski definition) is 2. The van der Waals surface area contributed by atoms with Crippen molar-refractivity contribution in [3.63, 3.8) is 0 Å². The molecule has 2 nitrogen and oxygen atoms in total. The van der Waals surface area contributed by atoms with Gasteiger partial charge in [0.15, 0.2) is 0 Å². The Morgan fingerprint density at radius 1 is 1.05 bits per heavy atom. The summed E-state index contributed by atoms with van der Waals surface area (Å²) in [4.78, 5) is 0. The topological polar surface area (TPSA) is 40.5 Å². The predicted octanol–water partition coefficient (Wildman–Crippen LogP) is 3.85. The average molecular weight is 306 g/mol. The van der Waals surface area contributed by atoms with Crippen LogP contribution in [0.15, 0.2) is 0 Å². The van der Waals surface area contributed by atoms with Crippen molar-refractivity contribution >= 4 is 0 Å². The van der Waals surface area contributed by atoms with Gasteiger partial charge in [0.2, 0.25) is 0 Å². The molecule has 4 fully saturated rings. The van der Waals surface area contributed by atoms with Gasteiger partial charge in [-0.05, 0) is 84.4 Å². The van der Waals surface area contributed by atoms with E-state index < -0.39 is 0 Å². The fraction of sp³-hybridized carbons (Fsp3) is 1.00. The lowest BCUT2D eigenvalue weighted by molar-refractivity contribution is -0.136. The van der Waals surface area contributed by atoms with Gasteiger partial charge < -0.3 is 10.2 Å². The summed E-state index contributed by atoms with van der Waals surface area (Å²) in [6.07, 6.45) is 7.05. The Morgan fingerprint density at radius 3 is 2.41 bits per heavy atom. The third-order valence-electron chi connectivity index (χ3n) is 8.90. The van der Waals surface area contributed by atoms with Crippen molar-refractivity contribution in [2.45, 2.75) is 72.3 Å². The molecule has 0 aliphatic heterocycles. The highest BCUT2D eigenvalue weighted by Gasteiger charge is 2.71. The Labute approximate surface area is 135 Å². The van der Waals surface area contributed by atoms with Gasteiger partial charge >= 0.3 is 0 Å². The van der Waals surface area contributed by atoms with E-state index in [1.54, 1.807) is 0 Å². The van der Waals surface area contributed by atoms with Crippen molar-refractivity contribution in [1.82, 2.24) is 0 Å². The zero-order valence-electron chi connectivity index (χ0n) is 14.8. The summed E-state index contributed by atoms with van der Waals surface area (Å²) >= 11 is 0. The first-order valence-electron chi connectivity index (χ1n) is 9.56. The van der Waals surface area contributed by atoms with E-state index in [4.69, 9.17) is 0 Å². The lowest BCUT2D eigenvalue weighted by Crippen LogP contribution is -2.55. The summed E-state index contributed by atoms with van der Waals surface area (Å²) in [5.74, 6) is 3.62. The molecule has 0 unspecified atom stereocenters. The maximum Gasteiger partial charge on any atom is 0.0601 e. The Balaban J connectivity index is 1.76. The van der Waals surface area contributed by atoms with E-state index in [0.717, 1.165) is 24.2 Å². The van der Waals surface area contributed by atoms with Crippen LogP contribution in [0.25, 0.3) is 0 Å². The molecule has 0 radical (unpaired) electrons. The van der Waals surface area contributed by atoms with Gasteiger partial charge in [-0.25, -0.2) is 0 Å². The van der Waals surface area contributed by atoms with Crippen molar-refractivity contribution in [3.8, 4) is 0 Å². The molecule has 4 aliphatic rings. The number of fused-ring (bicyclic) bond motifs is 5. The van der Waals surface area contributed by atoms with Crippen LogP contribution in [-0.4, -0.2) is 22.9 Å². The number of hydrogen-bond donors (Lipinski definition) is 2. The third-order valence-corrected chi connectivity index (χ3v) is 8.90. The SMILES string of the molecule is CC(C)[C@H]1CC[C@]2(CO)CC[C@@]3(C)C[C@@H](O)[C@@]4(C)C[C@H]4[C@@H]3[C@@H]12. The van der Waals surface area contributed by atoms with Gasteiger partial charge in [0.25, 0.3) is 0 Å². The Bertz CT molecular complexity index is 474. The third kappa shape index (κ3) is 1.75. The predicted molar refractivity (Wildman–Crippen MR) is 88.2 cm³/mol. The summed E-state index contributed by atoms with van der Waals surface area (Å²) in [5, 5.41) is 21.0. The normalized spacial score (nSPS) is 59.9. The summed E-state index contributed by atoms with van der Waals surface area (Å²) in [5.41, 5.74) is 0.693. The molecule has 22 heavy (non-hydrogen) atoms. The molecule has 0 saturated heterocycles. The molecule has 0 aromatic carbocycles. The van der Waals surface area contributed by atoms with Crippen molar-refractivity contribution in [2.24, 2.45) is 45.8 Å². The Morgan fingerprint density at radius 2 is 1.77 bits per heavy atom. The summed E-state index contributed by atoms with van der Waals surface area (Å²) in [6, 6.07) is 0. The smallest absolute Gasteiger partial charge is 0.0601 e. The molecule has 4 rings (SSSR count). The van der Waals surface area contributed by atoms with Crippen LogP contribution in [0, 0.1) is 45.8 Å². The zero-order chi connectivity index (χ0) is 15.9. The molecule has 0 bridgehead atoms. The molecular formula is C20H34O2. The first-order valence-corrected chi connectivity index (χ1v) is 9.56. The van der Waals surface area contributed by atoms with Crippen LogP contribution in [0.3, 0.4) is 0 Å². The largest absolute Gasteiger partial charge is 0.396 e. The van der Waals surface area contributed by atoms with Gasteiger partial charge in [0.05, 0.1) is 6.10 Å². The van der Waals surface area contributed by atoms with Crippen molar-refractivity contribution in [2.75, 3.05) is 6.61 Å². The molecule has 2 heteroatoms. The van der Waals surface area contributed by atoms with E-state index in [0.29, 0.717) is 23.9 Å². The van der Waals surface area contributed by atoms with Crippen LogP contribution in [-0.2, 0) is 0 Å². The van der Waals surface area contributed by atoms with Crippen LogP contribution < -0.4 is 0 Å². The second-order valence-electron chi connectivity index (χ2n) is 10.2. The minimum atomic E-state index is -0.0979. The summed E-state index contributed by atoms with van der Waals surface area (Å²) in [6.45, 7) is 9.92. The average Bonchev–Trinajstić information content (AvgIpc) is 3.00. The van der Waals surface area contributed by atoms with E-state index in [1.807, 2.05) is 0 Å². The lowest BCUT2D eigenvalue weighted by Gasteiger charge is -2.58. The Kier molecular flexibility index (Phi) is 3.16. The van der Waals surface area contributed by atoms with Crippen LogP contribution in [0.2, 0.25) is 0 Å². The standard InChI is InChI=1S/C20H34O2/c1-12(2)13-5-6-20(11-21)8-7-18(3)10-15(22)19(4)9-14(19)17(18)16(13)20/h12-17,21-22H,5-11H2,1-4H3/t13-,14+,15-,16-,17-,18+,19+,20-/m1/s1. The van der Waals surface area contributed by atoms with Crippen molar-refractivity contribution in [1.29, 1.82) is 0 Å². The molecule has 0 aromatic rings. The maximum absolute atomic E-state index is 10.7. The summed E-state index contributed by atoms with van der Waals surface area (Å²) in [7, 11) is 0. The molecule has 0 aromatic heterocycles. The highest BCUT2D eigenvalue weighted by atomic mass is 16.3. The molecular weight excluding hydrogens is 272 g/mol. The molecule has 0 amide bonds. The van der Waals surface area contributed by atoms with Gasteiger partial charge in [-0.2, -0.15) is 0 Å². The minimum Gasteiger partial charge on any atom is -0.396 e. The highest BCUT2D eigenvalue weighted by molar-refractivity contribution is 5.20. The fourth-order valence-corrected chi connectivity index (χ4v) is 7.32. The first kappa shape index (κ1) is 15.4. The first-order chi connectivity index (χ1) is 10.3. The van der Waals surface area contributed by atoms with E-state index in [1.165, 1.54) is 32.1 Å². The molecule has 2 N–H and O–H groups in total.